The monoisotopic (exact) mass is 234 g/mol. The second kappa shape index (κ2) is 4.84. The Morgan fingerprint density at radius 3 is 2.47 bits per heavy atom. The zero-order valence-corrected chi connectivity index (χ0v) is 10.2. The lowest BCUT2D eigenvalue weighted by molar-refractivity contribution is -0.384. The molecule has 0 heterocycles. The standard InChI is InChI=1S/C13H18N2O2/c1-9-7-12(9)13(14-2)8-10-3-5-11(6-4-10)15(16)17/h3-6,9,12-14H,7-8H2,1-2H3. The summed E-state index contributed by atoms with van der Waals surface area (Å²) in [5, 5.41) is 13.9. The van der Waals surface area contributed by atoms with Crippen molar-refractivity contribution >= 4 is 5.69 Å². The summed E-state index contributed by atoms with van der Waals surface area (Å²) < 4.78 is 0. The summed E-state index contributed by atoms with van der Waals surface area (Å²) in [6.45, 7) is 2.27. The van der Waals surface area contributed by atoms with Gasteiger partial charge < -0.3 is 5.32 Å². The van der Waals surface area contributed by atoms with Crippen molar-refractivity contribution in [2.45, 2.75) is 25.8 Å². The third-order valence-corrected chi connectivity index (χ3v) is 3.66. The molecule has 1 fully saturated rings. The molecule has 2 rings (SSSR count). The summed E-state index contributed by atoms with van der Waals surface area (Å²) in [5.41, 5.74) is 1.32. The van der Waals surface area contributed by atoms with E-state index in [0.29, 0.717) is 6.04 Å². The molecular weight excluding hydrogens is 216 g/mol. The number of non-ortho nitro benzene ring substituents is 1. The molecule has 1 saturated carbocycles. The average Bonchev–Trinajstić information content (AvgIpc) is 3.04. The molecule has 0 spiro atoms. The Kier molecular flexibility index (Phi) is 3.43. The predicted molar refractivity (Wildman–Crippen MR) is 66.9 cm³/mol. The van der Waals surface area contributed by atoms with Crippen LogP contribution in [0, 0.1) is 22.0 Å². The largest absolute Gasteiger partial charge is 0.316 e. The quantitative estimate of drug-likeness (QED) is 0.628. The lowest BCUT2D eigenvalue weighted by Gasteiger charge is -2.15. The first-order valence-electron chi connectivity index (χ1n) is 6.02. The van der Waals surface area contributed by atoms with Crippen LogP contribution in [0.2, 0.25) is 0 Å². The molecule has 17 heavy (non-hydrogen) atoms. The number of hydrogen-bond acceptors (Lipinski definition) is 3. The Morgan fingerprint density at radius 2 is 2.06 bits per heavy atom. The van der Waals surface area contributed by atoms with Crippen LogP contribution in [-0.2, 0) is 6.42 Å². The summed E-state index contributed by atoms with van der Waals surface area (Å²) in [4.78, 5) is 10.2. The number of likely N-dealkylation sites (N-methyl/N-ethyl adjacent to an activating group) is 1. The molecule has 0 aliphatic heterocycles. The third-order valence-electron chi connectivity index (χ3n) is 3.66. The molecule has 92 valence electrons. The van der Waals surface area contributed by atoms with Gasteiger partial charge in [0.1, 0.15) is 0 Å². The van der Waals surface area contributed by atoms with Gasteiger partial charge in [0.05, 0.1) is 4.92 Å². The Labute approximate surface area is 101 Å². The van der Waals surface area contributed by atoms with E-state index >= 15 is 0 Å². The molecule has 1 N–H and O–H groups in total. The van der Waals surface area contributed by atoms with E-state index in [1.807, 2.05) is 19.2 Å². The van der Waals surface area contributed by atoms with E-state index in [9.17, 15) is 10.1 Å². The van der Waals surface area contributed by atoms with Crippen molar-refractivity contribution in [1.82, 2.24) is 5.32 Å². The summed E-state index contributed by atoms with van der Waals surface area (Å²) in [6, 6.07) is 7.37. The number of rotatable bonds is 5. The Hall–Kier alpha value is -1.42. The van der Waals surface area contributed by atoms with E-state index in [1.54, 1.807) is 12.1 Å². The van der Waals surface area contributed by atoms with Crippen LogP contribution in [0.15, 0.2) is 24.3 Å². The highest BCUT2D eigenvalue weighted by Crippen LogP contribution is 2.41. The molecule has 0 aromatic heterocycles. The van der Waals surface area contributed by atoms with E-state index < -0.39 is 0 Å². The van der Waals surface area contributed by atoms with Crippen LogP contribution in [0.1, 0.15) is 18.9 Å². The van der Waals surface area contributed by atoms with Gasteiger partial charge in [0.2, 0.25) is 0 Å². The normalized spacial score (nSPS) is 24.4. The zero-order chi connectivity index (χ0) is 12.4. The first-order chi connectivity index (χ1) is 8.11. The fourth-order valence-corrected chi connectivity index (χ4v) is 2.39. The van der Waals surface area contributed by atoms with Gasteiger partial charge in [0.15, 0.2) is 0 Å². The van der Waals surface area contributed by atoms with Crippen LogP contribution in [0.25, 0.3) is 0 Å². The lowest BCUT2D eigenvalue weighted by Crippen LogP contribution is -2.30. The van der Waals surface area contributed by atoms with E-state index in [1.165, 1.54) is 6.42 Å². The number of nitrogens with zero attached hydrogens (tertiary/aromatic N) is 1. The fourth-order valence-electron chi connectivity index (χ4n) is 2.39. The summed E-state index contributed by atoms with van der Waals surface area (Å²) in [6.07, 6.45) is 2.24. The minimum absolute atomic E-state index is 0.162. The van der Waals surface area contributed by atoms with Crippen molar-refractivity contribution in [3.63, 3.8) is 0 Å². The maximum atomic E-state index is 10.5. The average molecular weight is 234 g/mol. The Bertz CT molecular complexity index is 402. The Balaban J connectivity index is 2.00. The van der Waals surface area contributed by atoms with Gasteiger partial charge in [-0.2, -0.15) is 0 Å². The van der Waals surface area contributed by atoms with Crippen LogP contribution in [0.4, 0.5) is 5.69 Å². The Morgan fingerprint density at radius 1 is 1.47 bits per heavy atom. The van der Waals surface area contributed by atoms with Crippen molar-refractivity contribution in [2.24, 2.45) is 11.8 Å². The maximum absolute atomic E-state index is 10.5. The van der Waals surface area contributed by atoms with Crippen molar-refractivity contribution in [1.29, 1.82) is 0 Å². The predicted octanol–water partition coefficient (Wildman–Crippen LogP) is 2.38. The van der Waals surface area contributed by atoms with Gasteiger partial charge in [-0.1, -0.05) is 19.1 Å². The number of nitro benzene ring substituents is 1. The van der Waals surface area contributed by atoms with Gasteiger partial charge in [-0.25, -0.2) is 0 Å². The van der Waals surface area contributed by atoms with E-state index in [-0.39, 0.29) is 10.6 Å². The molecular formula is C13H18N2O2. The second-order valence-electron chi connectivity index (χ2n) is 4.90. The van der Waals surface area contributed by atoms with Crippen LogP contribution in [0.3, 0.4) is 0 Å². The minimum Gasteiger partial charge on any atom is -0.316 e. The molecule has 1 aliphatic rings. The van der Waals surface area contributed by atoms with Gasteiger partial charge in [-0.05, 0) is 37.3 Å². The van der Waals surface area contributed by atoms with Gasteiger partial charge >= 0.3 is 0 Å². The van der Waals surface area contributed by atoms with Gasteiger partial charge in [-0.15, -0.1) is 0 Å². The lowest BCUT2D eigenvalue weighted by atomic mass is 10.0. The topological polar surface area (TPSA) is 55.2 Å². The molecule has 3 unspecified atom stereocenters. The van der Waals surface area contributed by atoms with Gasteiger partial charge in [-0.3, -0.25) is 10.1 Å². The smallest absolute Gasteiger partial charge is 0.269 e. The number of nitrogens with one attached hydrogen (secondary N) is 1. The molecule has 3 atom stereocenters. The highest BCUT2D eigenvalue weighted by atomic mass is 16.6. The molecule has 1 aromatic rings. The summed E-state index contributed by atoms with van der Waals surface area (Å²) in [5.74, 6) is 1.57. The molecule has 0 radical (unpaired) electrons. The molecule has 1 aromatic carbocycles. The molecule has 4 heteroatoms. The molecule has 4 nitrogen and oxygen atoms in total. The van der Waals surface area contributed by atoms with Crippen LogP contribution >= 0.6 is 0 Å². The van der Waals surface area contributed by atoms with Crippen molar-refractivity contribution in [3.05, 3.63) is 39.9 Å². The highest BCUT2D eigenvalue weighted by molar-refractivity contribution is 5.33. The zero-order valence-electron chi connectivity index (χ0n) is 10.2. The van der Waals surface area contributed by atoms with Crippen molar-refractivity contribution in [2.75, 3.05) is 7.05 Å². The second-order valence-corrected chi connectivity index (χ2v) is 4.90. The molecule has 0 amide bonds. The maximum Gasteiger partial charge on any atom is 0.269 e. The molecule has 0 bridgehead atoms. The van der Waals surface area contributed by atoms with E-state index in [4.69, 9.17) is 0 Å². The third kappa shape index (κ3) is 2.82. The van der Waals surface area contributed by atoms with Crippen molar-refractivity contribution in [3.8, 4) is 0 Å². The van der Waals surface area contributed by atoms with Gasteiger partial charge in [0, 0.05) is 18.2 Å². The number of benzene rings is 1. The van der Waals surface area contributed by atoms with Crippen molar-refractivity contribution < 1.29 is 4.92 Å². The first kappa shape index (κ1) is 12.0. The SMILES string of the molecule is CNC(Cc1ccc([N+](=O)[O-])cc1)C1CC1C. The minimum atomic E-state index is -0.359. The van der Waals surface area contributed by atoms with E-state index in [0.717, 1.165) is 23.8 Å². The number of hydrogen-bond donors (Lipinski definition) is 1. The first-order valence-corrected chi connectivity index (χ1v) is 6.02. The van der Waals surface area contributed by atoms with E-state index in [2.05, 4.69) is 12.2 Å². The molecule has 1 aliphatic carbocycles. The summed E-state index contributed by atoms with van der Waals surface area (Å²) in [7, 11) is 1.99. The van der Waals surface area contributed by atoms with Crippen LogP contribution in [-0.4, -0.2) is 18.0 Å². The summed E-state index contributed by atoms with van der Waals surface area (Å²) >= 11 is 0. The fraction of sp³-hybridized carbons (Fsp3) is 0.538. The number of nitro groups is 1. The van der Waals surface area contributed by atoms with Crippen LogP contribution in [0.5, 0.6) is 0 Å². The highest BCUT2D eigenvalue weighted by Gasteiger charge is 2.38. The van der Waals surface area contributed by atoms with Gasteiger partial charge in [0.25, 0.3) is 5.69 Å². The molecule has 0 saturated heterocycles. The van der Waals surface area contributed by atoms with Crippen LogP contribution < -0.4 is 5.32 Å².